The van der Waals surface area contributed by atoms with Crippen molar-refractivity contribution in [1.29, 1.82) is 0 Å². The first-order chi connectivity index (χ1) is 5.91. The van der Waals surface area contributed by atoms with Gasteiger partial charge in [0.2, 0.25) is 0 Å². The summed E-state index contributed by atoms with van der Waals surface area (Å²) in [5, 5.41) is 0. The van der Waals surface area contributed by atoms with E-state index in [-0.39, 0.29) is 20.3 Å². The van der Waals surface area contributed by atoms with Gasteiger partial charge in [-0.25, -0.2) is 0 Å². The molecule has 0 fully saturated rings. The first-order valence-electron chi connectivity index (χ1n) is 5.40. The van der Waals surface area contributed by atoms with Gasteiger partial charge in [-0.05, 0) is 19.1 Å². The van der Waals surface area contributed by atoms with Crippen molar-refractivity contribution in [3.8, 4) is 0 Å². The average Bonchev–Trinajstić information content (AvgIpc) is 2.10. The first kappa shape index (κ1) is 15.7. The standard InChI is InChI=1S/C11H23N.Li.H/c1-3-5-6-7-8-9-11-12-10-4-2;;/h10H,3-9,11H2,1-2H3;;/q;+1;-1. The predicted molar refractivity (Wildman–Crippen MR) is 58.1 cm³/mol. The minimum atomic E-state index is 0. The summed E-state index contributed by atoms with van der Waals surface area (Å²) < 4.78 is 0. The van der Waals surface area contributed by atoms with E-state index in [9.17, 15) is 0 Å². The molecule has 0 N–H and O–H groups in total. The van der Waals surface area contributed by atoms with Gasteiger partial charge in [0.05, 0.1) is 0 Å². The number of unbranched alkanes of at least 4 members (excludes halogenated alkanes) is 5. The van der Waals surface area contributed by atoms with E-state index < -0.39 is 0 Å². The Morgan fingerprint density at radius 2 is 1.62 bits per heavy atom. The largest absolute Gasteiger partial charge is 1.00 e. The topological polar surface area (TPSA) is 12.4 Å². The van der Waals surface area contributed by atoms with Crippen LogP contribution in [0.4, 0.5) is 0 Å². The van der Waals surface area contributed by atoms with Gasteiger partial charge in [0.25, 0.3) is 0 Å². The van der Waals surface area contributed by atoms with E-state index in [1.165, 1.54) is 38.5 Å². The molecule has 0 heterocycles. The molecule has 0 saturated heterocycles. The number of rotatable bonds is 8. The maximum absolute atomic E-state index is 4.28. The zero-order chi connectivity index (χ0) is 9.07. The van der Waals surface area contributed by atoms with Crippen molar-refractivity contribution in [2.24, 2.45) is 4.99 Å². The van der Waals surface area contributed by atoms with Crippen molar-refractivity contribution in [2.45, 2.75) is 58.8 Å². The van der Waals surface area contributed by atoms with Gasteiger partial charge in [0, 0.05) is 6.54 Å². The van der Waals surface area contributed by atoms with Crippen LogP contribution in [0.2, 0.25) is 0 Å². The Morgan fingerprint density at radius 3 is 2.23 bits per heavy atom. The van der Waals surface area contributed by atoms with Crippen LogP contribution in [0.15, 0.2) is 4.99 Å². The zero-order valence-electron chi connectivity index (χ0n) is 10.7. The van der Waals surface area contributed by atoms with Gasteiger partial charge in [-0.1, -0.05) is 46.0 Å². The summed E-state index contributed by atoms with van der Waals surface area (Å²) in [6.45, 7) is 5.43. The van der Waals surface area contributed by atoms with E-state index in [1.807, 2.05) is 6.21 Å². The Balaban J connectivity index is -0.000000605. The molecule has 0 saturated carbocycles. The summed E-state index contributed by atoms with van der Waals surface area (Å²) in [7, 11) is 0. The molecule has 0 aromatic carbocycles. The molecule has 0 aromatic heterocycles. The number of hydrogen-bond acceptors (Lipinski definition) is 1. The van der Waals surface area contributed by atoms with Crippen LogP contribution in [-0.2, 0) is 0 Å². The normalized spacial score (nSPS) is 10.3. The van der Waals surface area contributed by atoms with E-state index >= 15 is 0 Å². The molecule has 2 heteroatoms. The molecular formula is C11H24LiN. The molecule has 0 aromatic rings. The van der Waals surface area contributed by atoms with Crippen molar-refractivity contribution in [1.82, 2.24) is 0 Å². The molecule has 74 valence electrons. The minimum absolute atomic E-state index is 0. The summed E-state index contributed by atoms with van der Waals surface area (Å²) >= 11 is 0. The van der Waals surface area contributed by atoms with Gasteiger partial charge in [0.1, 0.15) is 0 Å². The second-order valence-electron chi connectivity index (χ2n) is 3.26. The third kappa shape index (κ3) is 15.1. The Bertz CT molecular complexity index is 107. The minimum Gasteiger partial charge on any atom is -1.00 e. The molecule has 0 atom stereocenters. The summed E-state index contributed by atoms with van der Waals surface area (Å²) in [6.07, 6.45) is 11.3. The van der Waals surface area contributed by atoms with Crippen LogP contribution in [0.5, 0.6) is 0 Å². The van der Waals surface area contributed by atoms with Gasteiger partial charge in [0.15, 0.2) is 0 Å². The summed E-state index contributed by atoms with van der Waals surface area (Å²) in [6, 6.07) is 0. The molecule has 0 bridgehead atoms. The summed E-state index contributed by atoms with van der Waals surface area (Å²) in [5.41, 5.74) is 0. The fourth-order valence-electron chi connectivity index (χ4n) is 1.20. The van der Waals surface area contributed by atoms with E-state index in [1.54, 1.807) is 0 Å². The van der Waals surface area contributed by atoms with E-state index in [0.29, 0.717) is 0 Å². The van der Waals surface area contributed by atoms with Crippen LogP contribution in [0.3, 0.4) is 0 Å². The Hall–Kier alpha value is 0.267. The molecule has 0 amide bonds. The third-order valence-corrected chi connectivity index (χ3v) is 1.95. The van der Waals surface area contributed by atoms with Crippen LogP contribution in [-0.4, -0.2) is 12.8 Å². The smallest absolute Gasteiger partial charge is 1.00 e. The summed E-state index contributed by atoms with van der Waals surface area (Å²) in [4.78, 5) is 4.28. The molecule has 1 nitrogen and oxygen atoms in total. The monoisotopic (exact) mass is 177 g/mol. The molecule has 0 radical (unpaired) electrons. The van der Waals surface area contributed by atoms with Gasteiger partial charge in [-0.3, -0.25) is 4.99 Å². The molecular weight excluding hydrogens is 153 g/mol. The van der Waals surface area contributed by atoms with E-state index in [2.05, 4.69) is 18.8 Å². The second kappa shape index (κ2) is 14.8. The van der Waals surface area contributed by atoms with Gasteiger partial charge in [-0.2, -0.15) is 0 Å². The van der Waals surface area contributed by atoms with Crippen LogP contribution in [0.1, 0.15) is 60.2 Å². The van der Waals surface area contributed by atoms with E-state index in [0.717, 1.165) is 13.0 Å². The quantitative estimate of drug-likeness (QED) is 0.297. The van der Waals surface area contributed by atoms with Crippen molar-refractivity contribution < 1.29 is 20.3 Å². The maximum atomic E-state index is 4.28. The Morgan fingerprint density at radius 1 is 1.00 bits per heavy atom. The van der Waals surface area contributed by atoms with E-state index in [4.69, 9.17) is 0 Å². The molecule has 0 unspecified atom stereocenters. The van der Waals surface area contributed by atoms with Gasteiger partial charge in [-0.15, -0.1) is 0 Å². The fraction of sp³-hybridized carbons (Fsp3) is 0.909. The first-order valence-corrected chi connectivity index (χ1v) is 5.40. The molecule has 0 rings (SSSR count). The molecule has 0 aliphatic carbocycles. The van der Waals surface area contributed by atoms with Gasteiger partial charge >= 0.3 is 18.9 Å². The predicted octanol–water partition coefficient (Wildman–Crippen LogP) is 0.944. The molecule has 0 spiro atoms. The third-order valence-electron chi connectivity index (χ3n) is 1.95. The zero-order valence-corrected chi connectivity index (χ0v) is 9.68. The van der Waals surface area contributed by atoms with Crippen LogP contribution >= 0.6 is 0 Å². The SMILES string of the molecule is CCC=NCCCCCCCC.[H-].[Li+]. The Labute approximate surface area is 97.1 Å². The molecule has 0 aliphatic heterocycles. The fourth-order valence-corrected chi connectivity index (χ4v) is 1.20. The molecule has 13 heavy (non-hydrogen) atoms. The van der Waals surface area contributed by atoms with Crippen LogP contribution in [0.25, 0.3) is 0 Å². The van der Waals surface area contributed by atoms with Crippen molar-refractivity contribution in [3.63, 3.8) is 0 Å². The van der Waals surface area contributed by atoms with Crippen LogP contribution < -0.4 is 18.9 Å². The van der Waals surface area contributed by atoms with Gasteiger partial charge < -0.3 is 1.43 Å². The molecule has 0 aliphatic rings. The van der Waals surface area contributed by atoms with Crippen molar-refractivity contribution in [3.05, 3.63) is 0 Å². The van der Waals surface area contributed by atoms with Crippen molar-refractivity contribution in [2.75, 3.05) is 6.54 Å². The Kier molecular flexibility index (Phi) is 17.9. The maximum Gasteiger partial charge on any atom is 1.00 e. The second-order valence-corrected chi connectivity index (χ2v) is 3.26. The summed E-state index contributed by atoms with van der Waals surface area (Å²) in [5.74, 6) is 0. The number of aliphatic imine (C=N–C) groups is 1. The average molecular weight is 177 g/mol. The number of nitrogens with zero attached hydrogens (tertiary/aromatic N) is 1. The van der Waals surface area contributed by atoms with Crippen molar-refractivity contribution >= 4 is 6.21 Å². The van der Waals surface area contributed by atoms with Crippen LogP contribution in [0, 0.1) is 0 Å². The number of hydrogen-bond donors (Lipinski definition) is 0.